The Morgan fingerprint density at radius 2 is 1.38 bits per heavy atom. The third-order valence-electron chi connectivity index (χ3n) is 4.01. The van der Waals surface area contributed by atoms with Gasteiger partial charge in [0.1, 0.15) is 17.4 Å². The molecule has 3 rings (SSSR count). The van der Waals surface area contributed by atoms with Gasteiger partial charge in [-0.2, -0.15) is 0 Å². The fourth-order valence-corrected chi connectivity index (χ4v) is 3.06. The van der Waals surface area contributed by atoms with Crippen LogP contribution in [0.5, 0.6) is 11.5 Å². The fourth-order valence-electron chi connectivity index (χ4n) is 2.91. The summed E-state index contributed by atoms with van der Waals surface area (Å²) in [7, 11) is 0. The lowest BCUT2D eigenvalue weighted by molar-refractivity contribution is -0.152. The molecule has 1 fully saturated rings. The summed E-state index contributed by atoms with van der Waals surface area (Å²) in [6, 6.07) is 13.3. The number of ether oxygens (including phenoxy) is 3. The third-order valence-corrected chi connectivity index (χ3v) is 4.14. The summed E-state index contributed by atoms with van der Waals surface area (Å²) < 4.78 is 15.1. The highest BCUT2D eigenvalue weighted by atomic mass is 32.1. The van der Waals surface area contributed by atoms with Gasteiger partial charge in [-0.15, -0.1) is 12.6 Å². The predicted octanol–water partition coefficient (Wildman–Crippen LogP) is 2.83. The van der Waals surface area contributed by atoms with Gasteiger partial charge in [0.05, 0.1) is 11.8 Å². The fraction of sp³-hybridized carbons (Fsp3) is 0.211. The van der Waals surface area contributed by atoms with E-state index in [1.807, 2.05) is 0 Å². The molecule has 1 aliphatic rings. The van der Waals surface area contributed by atoms with Crippen molar-refractivity contribution in [1.29, 1.82) is 0 Å². The summed E-state index contributed by atoms with van der Waals surface area (Å²) in [4.78, 5) is 35.5. The first-order valence-corrected chi connectivity index (χ1v) is 8.50. The van der Waals surface area contributed by atoms with Crippen LogP contribution in [0.3, 0.4) is 0 Å². The molecule has 0 aromatic heterocycles. The van der Waals surface area contributed by atoms with E-state index in [1.54, 1.807) is 48.5 Å². The number of cyclic esters (lactones) is 2. The van der Waals surface area contributed by atoms with Gasteiger partial charge in [-0.25, -0.2) is 0 Å². The normalized spacial score (nSPS) is 19.2. The van der Waals surface area contributed by atoms with E-state index in [4.69, 9.17) is 14.2 Å². The van der Waals surface area contributed by atoms with Crippen LogP contribution in [0.25, 0.3) is 0 Å². The average Bonchev–Trinajstić information content (AvgIpc) is 2.90. The highest BCUT2D eigenvalue weighted by Crippen LogP contribution is 2.41. The molecular weight excluding hydrogens is 356 g/mol. The van der Waals surface area contributed by atoms with Gasteiger partial charge < -0.3 is 14.2 Å². The van der Waals surface area contributed by atoms with E-state index >= 15 is 0 Å². The number of rotatable bonds is 5. The Labute approximate surface area is 155 Å². The molecule has 0 aliphatic carbocycles. The first kappa shape index (κ1) is 18.0. The molecule has 0 amide bonds. The number of carbonyl (C=O) groups is 3. The molecule has 0 spiro atoms. The maximum Gasteiger partial charge on any atom is 0.322 e. The minimum absolute atomic E-state index is 0.237. The minimum Gasteiger partial charge on any atom is -0.483 e. The van der Waals surface area contributed by atoms with Gasteiger partial charge in [0.25, 0.3) is 0 Å². The lowest BCUT2D eigenvalue weighted by Crippen LogP contribution is -2.14. The zero-order valence-corrected chi connectivity index (χ0v) is 14.8. The highest BCUT2D eigenvalue weighted by molar-refractivity contribution is 7.80. The van der Waals surface area contributed by atoms with Gasteiger partial charge in [-0.1, -0.05) is 24.3 Å². The zero-order valence-electron chi connectivity index (χ0n) is 13.9. The summed E-state index contributed by atoms with van der Waals surface area (Å²) in [5, 5.41) is 0. The Morgan fingerprint density at radius 3 is 1.81 bits per heavy atom. The van der Waals surface area contributed by atoms with Crippen molar-refractivity contribution in [2.45, 2.75) is 18.8 Å². The summed E-state index contributed by atoms with van der Waals surface area (Å²) in [6.07, 6.45) is 0. The molecule has 2 unspecified atom stereocenters. The Kier molecular flexibility index (Phi) is 5.27. The standard InChI is InChI=1S/C19H16O6S/c1-11(20)24-15-8-4-13(5-9-15)17-16(18(21)25-19(17)22)12-2-6-14(7-3-12)23-10-26/h2-9,16-17,26H,10H2,1H3. The maximum atomic E-state index is 12.2. The van der Waals surface area contributed by atoms with Gasteiger partial charge in [-0.05, 0) is 35.4 Å². The molecular formula is C19H16O6S. The van der Waals surface area contributed by atoms with Crippen molar-refractivity contribution >= 4 is 30.5 Å². The van der Waals surface area contributed by atoms with Crippen LogP contribution in [-0.2, 0) is 19.1 Å². The molecule has 134 valence electrons. The van der Waals surface area contributed by atoms with Gasteiger partial charge in [-0.3, -0.25) is 14.4 Å². The Bertz CT molecular complexity index is 828. The third kappa shape index (κ3) is 3.72. The van der Waals surface area contributed by atoms with Crippen molar-refractivity contribution < 1.29 is 28.6 Å². The largest absolute Gasteiger partial charge is 0.483 e. The lowest BCUT2D eigenvalue weighted by Gasteiger charge is -2.15. The van der Waals surface area contributed by atoms with Crippen LogP contribution >= 0.6 is 12.6 Å². The van der Waals surface area contributed by atoms with Crippen LogP contribution in [0.1, 0.15) is 29.9 Å². The summed E-state index contributed by atoms with van der Waals surface area (Å²) in [5.74, 6) is -1.91. The Balaban J connectivity index is 1.89. The van der Waals surface area contributed by atoms with Crippen LogP contribution in [0.15, 0.2) is 48.5 Å². The van der Waals surface area contributed by atoms with E-state index in [1.165, 1.54) is 6.92 Å². The number of esters is 3. The quantitative estimate of drug-likeness (QED) is 0.286. The van der Waals surface area contributed by atoms with Crippen LogP contribution in [-0.4, -0.2) is 23.8 Å². The molecule has 0 saturated carbocycles. The van der Waals surface area contributed by atoms with Crippen molar-refractivity contribution in [2.24, 2.45) is 0 Å². The Morgan fingerprint density at radius 1 is 0.923 bits per heavy atom. The van der Waals surface area contributed by atoms with Gasteiger partial charge in [0, 0.05) is 6.92 Å². The highest BCUT2D eigenvalue weighted by Gasteiger charge is 2.46. The summed E-state index contributed by atoms with van der Waals surface area (Å²) >= 11 is 3.99. The lowest BCUT2D eigenvalue weighted by atomic mass is 9.83. The first-order valence-electron chi connectivity index (χ1n) is 7.87. The van der Waals surface area contributed by atoms with Gasteiger partial charge >= 0.3 is 17.9 Å². The number of benzene rings is 2. The smallest absolute Gasteiger partial charge is 0.322 e. The van der Waals surface area contributed by atoms with E-state index in [-0.39, 0.29) is 5.94 Å². The number of thiol groups is 1. The van der Waals surface area contributed by atoms with E-state index in [0.29, 0.717) is 22.6 Å². The second-order valence-electron chi connectivity index (χ2n) is 5.70. The van der Waals surface area contributed by atoms with Crippen molar-refractivity contribution in [3.63, 3.8) is 0 Å². The average molecular weight is 372 g/mol. The molecule has 2 atom stereocenters. The number of hydrogen-bond acceptors (Lipinski definition) is 7. The molecule has 0 bridgehead atoms. The zero-order chi connectivity index (χ0) is 18.7. The summed E-state index contributed by atoms with van der Waals surface area (Å²) in [5.41, 5.74) is 1.26. The molecule has 6 nitrogen and oxygen atoms in total. The van der Waals surface area contributed by atoms with Crippen LogP contribution in [0, 0.1) is 0 Å². The second kappa shape index (κ2) is 7.61. The summed E-state index contributed by atoms with van der Waals surface area (Å²) in [6.45, 7) is 1.30. The van der Waals surface area contributed by atoms with E-state index in [9.17, 15) is 14.4 Å². The van der Waals surface area contributed by atoms with Crippen molar-refractivity contribution in [3.8, 4) is 11.5 Å². The van der Waals surface area contributed by atoms with Crippen molar-refractivity contribution in [3.05, 3.63) is 59.7 Å². The van der Waals surface area contributed by atoms with Gasteiger partial charge in [0.2, 0.25) is 0 Å². The minimum atomic E-state index is -0.759. The van der Waals surface area contributed by atoms with E-state index in [0.717, 1.165) is 0 Å². The molecule has 1 aliphatic heterocycles. The molecule has 0 N–H and O–H groups in total. The van der Waals surface area contributed by atoms with E-state index in [2.05, 4.69) is 12.6 Å². The van der Waals surface area contributed by atoms with Crippen molar-refractivity contribution in [1.82, 2.24) is 0 Å². The van der Waals surface area contributed by atoms with Crippen molar-refractivity contribution in [2.75, 3.05) is 5.94 Å². The van der Waals surface area contributed by atoms with E-state index < -0.39 is 29.7 Å². The van der Waals surface area contributed by atoms with Crippen LogP contribution in [0.4, 0.5) is 0 Å². The molecule has 2 aromatic carbocycles. The maximum absolute atomic E-state index is 12.2. The Hall–Kier alpha value is -2.80. The molecule has 0 radical (unpaired) electrons. The molecule has 1 heterocycles. The first-order chi connectivity index (χ1) is 12.5. The monoisotopic (exact) mass is 372 g/mol. The topological polar surface area (TPSA) is 78.9 Å². The van der Waals surface area contributed by atoms with Crippen LogP contribution < -0.4 is 9.47 Å². The molecule has 1 saturated heterocycles. The molecule has 2 aromatic rings. The molecule has 26 heavy (non-hydrogen) atoms. The number of hydrogen-bond donors (Lipinski definition) is 1. The predicted molar refractivity (Wildman–Crippen MR) is 95.3 cm³/mol. The van der Waals surface area contributed by atoms with Crippen LogP contribution in [0.2, 0.25) is 0 Å². The second-order valence-corrected chi connectivity index (χ2v) is 5.96. The SMILES string of the molecule is CC(=O)Oc1ccc(C2C(=O)OC(=O)C2c2ccc(OCS)cc2)cc1. The number of carbonyl (C=O) groups excluding carboxylic acids is 3. The molecule has 7 heteroatoms. The van der Waals surface area contributed by atoms with Gasteiger partial charge in [0.15, 0.2) is 0 Å².